The number of hydrogen-bond donors (Lipinski definition) is 9. The quantitative estimate of drug-likeness (QED) is 0.0939. The molecule has 4 amide bonds. The molecular formula is C25H36N8O7. The fourth-order valence-corrected chi connectivity index (χ4v) is 3.79. The number of aromatic amines is 1. The highest BCUT2D eigenvalue weighted by molar-refractivity contribution is 5.96. The summed E-state index contributed by atoms with van der Waals surface area (Å²) in [5, 5.41) is 26.3. The van der Waals surface area contributed by atoms with Gasteiger partial charge in [-0.15, -0.1) is 0 Å². The minimum Gasteiger partial charge on any atom is -0.508 e. The average molecular weight is 561 g/mol. The normalized spacial score (nSPS) is 13.8. The van der Waals surface area contributed by atoms with E-state index in [0.29, 0.717) is 30.6 Å². The lowest BCUT2D eigenvalue weighted by atomic mass is 10.0. The number of hydrogen-bond acceptors (Lipinski definition) is 9. The van der Waals surface area contributed by atoms with E-state index in [4.69, 9.17) is 17.2 Å². The van der Waals surface area contributed by atoms with Gasteiger partial charge in [-0.1, -0.05) is 12.1 Å². The maximum Gasteiger partial charge on any atom is 0.326 e. The minimum absolute atomic E-state index is 0.0426. The lowest BCUT2D eigenvalue weighted by Gasteiger charge is -2.25. The van der Waals surface area contributed by atoms with Crippen LogP contribution in [0.1, 0.15) is 36.9 Å². The number of carboxylic acid groups (broad SMARTS) is 1. The molecule has 4 atom stereocenters. The predicted molar refractivity (Wildman–Crippen MR) is 142 cm³/mol. The summed E-state index contributed by atoms with van der Waals surface area (Å²) in [5.74, 6) is -4.54. The van der Waals surface area contributed by atoms with E-state index >= 15 is 0 Å². The van der Waals surface area contributed by atoms with Crippen LogP contribution in [0.4, 0.5) is 0 Å². The molecule has 15 heteroatoms. The van der Waals surface area contributed by atoms with Crippen LogP contribution in [0.3, 0.4) is 0 Å². The molecule has 0 aliphatic heterocycles. The molecule has 0 fully saturated rings. The van der Waals surface area contributed by atoms with Gasteiger partial charge < -0.3 is 48.3 Å². The molecule has 0 saturated carbocycles. The molecule has 4 unspecified atom stereocenters. The minimum atomic E-state index is -1.44. The summed E-state index contributed by atoms with van der Waals surface area (Å²) < 4.78 is 0. The molecule has 0 bridgehead atoms. The summed E-state index contributed by atoms with van der Waals surface area (Å²) >= 11 is 0. The third kappa shape index (κ3) is 10.7. The number of aromatic nitrogens is 2. The summed E-state index contributed by atoms with van der Waals surface area (Å²) in [4.78, 5) is 68.9. The number of carboxylic acids is 1. The number of benzene rings is 1. The number of carbonyl (C=O) groups is 5. The lowest BCUT2D eigenvalue weighted by molar-refractivity contribution is -0.142. The maximum atomic E-state index is 13.1. The number of aromatic hydroxyl groups is 1. The van der Waals surface area contributed by atoms with E-state index in [1.54, 1.807) is 12.1 Å². The molecule has 0 saturated heterocycles. The number of nitrogens with zero attached hydrogens (tertiary/aromatic N) is 1. The average Bonchev–Trinajstić information content (AvgIpc) is 3.41. The maximum absolute atomic E-state index is 13.1. The van der Waals surface area contributed by atoms with Gasteiger partial charge in [0.2, 0.25) is 23.6 Å². The van der Waals surface area contributed by atoms with Gasteiger partial charge in [-0.2, -0.15) is 0 Å². The smallest absolute Gasteiger partial charge is 0.326 e. The number of phenols is 1. The van der Waals surface area contributed by atoms with Crippen molar-refractivity contribution < 1.29 is 34.2 Å². The van der Waals surface area contributed by atoms with Crippen molar-refractivity contribution >= 4 is 29.6 Å². The number of imidazole rings is 1. The molecule has 0 radical (unpaired) electrons. The van der Waals surface area contributed by atoms with Gasteiger partial charge in [-0.3, -0.25) is 19.2 Å². The Hall–Kier alpha value is -4.50. The van der Waals surface area contributed by atoms with Crippen molar-refractivity contribution in [3.05, 3.63) is 48.0 Å². The second-order valence-electron chi connectivity index (χ2n) is 9.23. The fraction of sp³-hybridized carbons (Fsp3) is 0.440. The van der Waals surface area contributed by atoms with Crippen LogP contribution in [0.15, 0.2) is 36.8 Å². The molecular weight excluding hydrogens is 524 g/mol. The van der Waals surface area contributed by atoms with Crippen LogP contribution in [0.5, 0.6) is 5.75 Å². The van der Waals surface area contributed by atoms with Crippen molar-refractivity contribution in [3.8, 4) is 5.75 Å². The second kappa shape index (κ2) is 15.8. The third-order valence-electron chi connectivity index (χ3n) is 5.94. The van der Waals surface area contributed by atoms with E-state index in [9.17, 15) is 34.2 Å². The Bertz CT molecular complexity index is 1140. The SMILES string of the molecule is NCCCCC(NC(=O)C(CC(N)=O)NC(=O)C(N)Cc1ccc(O)cc1)C(=O)NC(Cc1cnc[nH]1)C(=O)O. The zero-order chi connectivity index (χ0) is 29.7. The highest BCUT2D eigenvalue weighted by atomic mass is 16.4. The standard InChI is InChI=1S/C25H36N8O7/c26-8-2-1-3-18(23(37)33-20(25(39)40)10-15-12-29-13-30-15)31-24(38)19(11-21(28)35)32-22(36)17(27)9-14-4-6-16(34)7-5-14/h4-7,12-13,17-20,34H,1-3,8-11,26-27H2,(H2,28,35)(H,29,30)(H,31,38)(H,32,36)(H,33,37)(H,39,40). The Morgan fingerprint density at radius 2 is 1.52 bits per heavy atom. The van der Waals surface area contributed by atoms with Gasteiger partial charge in [-0.25, -0.2) is 9.78 Å². The lowest BCUT2D eigenvalue weighted by Crippen LogP contribution is -2.58. The number of phenolic OH excluding ortho intramolecular Hbond substituents is 1. The Labute approximate surface area is 230 Å². The number of nitrogens with two attached hydrogens (primary N) is 3. The third-order valence-corrected chi connectivity index (χ3v) is 5.94. The summed E-state index contributed by atoms with van der Waals surface area (Å²) in [6.07, 6.45) is 3.29. The van der Waals surface area contributed by atoms with Crippen molar-refractivity contribution in [2.75, 3.05) is 6.54 Å². The summed E-state index contributed by atoms with van der Waals surface area (Å²) in [6.45, 7) is 0.332. The topological polar surface area (TPSA) is 269 Å². The van der Waals surface area contributed by atoms with Crippen molar-refractivity contribution in [2.45, 2.75) is 62.7 Å². The van der Waals surface area contributed by atoms with Crippen molar-refractivity contribution in [2.24, 2.45) is 17.2 Å². The number of carbonyl (C=O) groups excluding carboxylic acids is 4. The van der Waals surface area contributed by atoms with E-state index in [-0.39, 0.29) is 25.0 Å². The molecule has 1 aromatic carbocycles. The number of amides is 4. The van der Waals surface area contributed by atoms with Crippen LogP contribution in [0.25, 0.3) is 0 Å². The van der Waals surface area contributed by atoms with Crippen molar-refractivity contribution in [1.82, 2.24) is 25.9 Å². The Kier molecular flexibility index (Phi) is 12.5. The van der Waals surface area contributed by atoms with Crippen LogP contribution in [-0.2, 0) is 36.8 Å². The second-order valence-corrected chi connectivity index (χ2v) is 9.23. The summed E-state index contributed by atoms with van der Waals surface area (Å²) in [6, 6.07) is 0.971. The molecule has 12 N–H and O–H groups in total. The van der Waals surface area contributed by atoms with Crippen LogP contribution < -0.4 is 33.2 Å². The molecule has 0 aliphatic carbocycles. The van der Waals surface area contributed by atoms with Crippen LogP contribution in [0.2, 0.25) is 0 Å². The van der Waals surface area contributed by atoms with E-state index in [1.165, 1.54) is 24.7 Å². The van der Waals surface area contributed by atoms with E-state index in [1.807, 2.05) is 0 Å². The van der Waals surface area contributed by atoms with Gasteiger partial charge in [-0.05, 0) is 49.9 Å². The fourth-order valence-electron chi connectivity index (χ4n) is 3.79. The van der Waals surface area contributed by atoms with Crippen molar-refractivity contribution in [3.63, 3.8) is 0 Å². The highest BCUT2D eigenvalue weighted by Crippen LogP contribution is 2.11. The first-order valence-electron chi connectivity index (χ1n) is 12.6. The van der Waals surface area contributed by atoms with Gasteiger partial charge in [0.05, 0.1) is 18.8 Å². The highest BCUT2D eigenvalue weighted by Gasteiger charge is 2.31. The first-order chi connectivity index (χ1) is 19.0. The first kappa shape index (κ1) is 31.7. The molecule has 218 valence electrons. The zero-order valence-electron chi connectivity index (χ0n) is 21.8. The number of primary amides is 1. The first-order valence-corrected chi connectivity index (χ1v) is 12.6. The van der Waals surface area contributed by atoms with Gasteiger partial charge in [0.25, 0.3) is 0 Å². The van der Waals surface area contributed by atoms with Gasteiger partial charge in [0.1, 0.15) is 23.9 Å². The van der Waals surface area contributed by atoms with Crippen LogP contribution >= 0.6 is 0 Å². The van der Waals surface area contributed by atoms with Crippen LogP contribution in [0, 0.1) is 0 Å². The van der Waals surface area contributed by atoms with Crippen LogP contribution in [-0.4, -0.2) is 80.5 Å². The molecule has 2 rings (SSSR count). The largest absolute Gasteiger partial charge is 0.508 e. The van der Waals surface area contributed by atoms with Gasteiger partial charge in [0.15, 0.2) is 0 Å². The van der Waals surface area contributed by atoms with Crippen molar-refractivity contribution in [1.29, 1.82) is 0 Å². The number of rotatable bonds is 17. The molecule has 0 spiro atoms. The van der Waals surface area contributed by atoms with E-state index in [2.05, 4.69) is 25.9 Å². The molecule has 1 heterocycles. The molecule has 1 aromatic heterocycles. The van der Waals surface area contributed by atoms with Gasteiger partial charge >= 0.3 is 5.97 Å². The number of H-pyrrole nitrogens is 1. The monoisotopic (exact) mass is 560 g/mol. The number of nitrogens with one attached hydrogen (secondary N) is 4. The Balaban J connectivity index is 2.12. The molecule has 40 heavy (non-hydrogen) atoms. The Morgan fingerprint density at radius 3 is 2.10 bits per heavy atom. The molecule has 0 aliphatic rings. The Morgan fingerprint density at radius 1 is 0.900 bits per heavy atom. The number of unbranched alkanes of at least 4 members (excludes halogenated alkanes) is 1. The van der Waals surface area contributed by atoms with E-state index < -0.39 is 60.2 Å². The van der Waals surface area contributed by atoms with E-state index in [0.717, 1.165) is 0 Å². The zero-order valence-corrected chi connectivity index (χ0v) is 21.8. The number of aliphatic carboxylic acids is 1. The summed E-state index contributed by atoms with van der Waals surface area (Å²) in [5.41, 5.74) is 17.9. The molecule has 15 nitrogen and oxygen atoms in total. The predicted octanol–water partition coefficient (Wildman–Crippen LogP) is -2.23. The van der Waals surface area contributed by atoms with Gasteiger partial charge in [0, 0.05) is 18.3 Å². The summed E-state index contributed by atoms with van der Waals surface area (Å²) in [7, 11) is 0. The molecule has 2 aromatic rings.